The van der Waals surface area contributed by atoms with Crippen LogP contribution in [0.25, 0.3) is 0 Å². The van der Waals surface area contributed by atoms with Crippen molar-refractivity contribution in [2.24, 2.45) is 0 Å². The number of carbonyl (C=O) groups excluding carboxylic acids is 2. The summed E-state index contributed by atoms with van der Waals surface area (Å²) in [7, 11) is 1.84. The molecule has 2 bridgehead atoms. The topological polar surface area (TPSA) is 65.6 Å². The molecule has 3 aliphatic heterocycles. The molecule has 0 spiro atoms. The Bertz CT molecular complexity index is 1380. The van der Waals surface area contributed by atoms with E-state index < -0.39 is 0 Å². The molecule has 3 heterocycles. The van der Waals surface area contributed by atoms with Crippen LogP contribution in [0.1, 0.15) is 40.7 Å². The number of benzene rings is 3. The number of carbonyl (C=O) groups is 2. The lowest BCUT2D eigenvalue weighted by Gasteiger charge is -2.41. The molecule has 0 N–H and O–H groups in total. The fourth-order valence-electron chi connectivity index (χ4n) is 6.69. The first kappa shape index (κ1) is 30.3. The number of ether oxygens (including phenoxy) is 2. The zero-order valence-electron chi connectivity index (χ0n) is 25.7. The van der Waals surface area contributed by atoms with Crippen LogP contribution in [0.15, 0.2) is 84.9 Å². The van der Waals surface area contributed by atoms with E-state index in [2.05, 4.69) is 52.3 Å². The molecular weight excluding hydrogens is 552 g/mol. The number of hydrogen-bond donors (Lipinski definition) is 0. The second kappa shape index (κ2) is 14.4. The highest BCUT2D eigenvalue weighted by molar-refractivity contribution is 5.94. The maximum atomic E-state index is 14.5. The summed E-state index contributed by atoms with van der Waals surface area (Å²) in [5.41, 5.74) is 3.06. The molecule has 232 valence electrons. The van der Waals surface area contributed by atoms with Crippen molar-refractivity contribution in [3.05, 3.63) is 102 Å². The minimum atomic E-state index is -0.242. The van der Waals surface area contributed by atoms with Gasteiger partial charge in [-0.1, -0.05) is 66.7 Å². The minimum absolute atomic E-state index is 0.0261. The molecule has 0 unspecified atom stereocenters. The van der Waals surface area contributed by atoms with Crippen LogP contribution in [-0.4, -0.2) is 103 Å². The van der Waals surface area contributed by atoms with Crippen LogP contribution >= 0.6 is 0 Å². The Morgan fingerprint density at radius 2 is 1.57 bits per heavy atom. The molecule has 3 aromatic carbocycles. The average Bonchev–Trinajstić information content (AvgIpc) is 3.48. The van der Waals surface area contributed by atoms with Gasteiger partial charge >= 0.3 is 0 Å². The van der Waals surface area contributed by atoms with Crippen LogP contribution < -0.4 is 4.74 Å². The number of piperazine rings is 1. The van der Waals surface area contributed by atoms with Crippen LogP contribution in [0.3, 0.4) is 0 Å². The van der Waals surface area contributed by atoms with Gasteiger partial charge in [0, 0.05) is 58.4 Å². The number of nitrogens with zero attached hydrogens (tertiary/aromatic N) is 4. The van der Waals surface area contributed by atoms with Crippen molar-refractivity contribution < 1.29 is 19.1 Å². The Kier molecular flexibility index (Phi) is 9.90. The lowest BCUT2D eigenvalue weighted by atomic mass is 10.0. The summed E-state index contributed by atoms with van der Waals surface area (Å²) in [5, 5.41) is 0. The van der Waals surface area contributed by atoms with Crippen LogP contribution in [0.5, 0.6) is 5.75 Å². The highest BCUT2D eigenvalue weighted by atomic mass is 16.5. The fraction of sp³-hybridized carbons (Fsp3) is 0.444. The molecule has 2 amide bonds. The zero-order valence-corrected chi connectivity index (χ0v) is 25.7. The highest BCUT2D eigenvalue weighted by Crippen LogP contribution is 2.27. The number of amides is 2. The standard InChI is InChI=1S/C36H44N4O4/c1-37-17-9-16-34(39-20-18-38(19-21-39)24-28-10-4-2-5-11-28)36(42)40-25-33(43-26-29-12-6-3-7-13-29)23-31(40)27-44-32-15-8-14-30(22-32)35(37)41/h2-8,10-15,22,31,33-34H,9,16-21,23-27H2,1H3/t31-,33-,34-/m0/s1. The van der Waals surface area contributed by atoms with Gasteiger partial charge in [-0.25, -0.2) is 0 Å². The predicted octanol–water partition coefficient (Wildman–Crippen LogP) is 4.30. The summed E-state index contributed by atoms with van der Waals surface area (Å²) in [6.07, 6.45) is 2.11. The Morgan fingerprint density at radius 1 is 0.841 bits per heavy atom. The number of hydrogen-bond acceptors (Lipinski definition) is 6. The molecule has 3 atom stereocenters. The summed E-state index contributed by atoms with van der Waals surface area (Å²) in [5.74, 6) is 0.774. The molecule has 8 heteroatoms. The van der Waals surface area contributed by atoms with Crippen molar-refractivity contribution in [1.29, 1.82) is 0 Å². The normalized spacial score (nSPS) is 24.1. The Balaban J connectivity index is 1.19. The Morgan fingerprint density at radius 3 is 2.32 bits per heavy atom. The van der Waals surface area contributed by atoms with Crippen molar-refractivity contribution in [2.75, 3.05) is 52.9 Å². The van der Waals surface area contributed by atoms with Crippen LogP contribution in [0, 0.1) is 0 Å². The second-order valence-corrected chi connectivity index (χ2v) is 12.3. The second-order valence-electron chi connectivity index (χ2n) is 12.3. The van der Waals surface area contributed by atoms with Crippen molar-refractivity contribution >= 4 is 11.8 Å². The summed E-state index contributed by atoms with van der Waals surface area (Å²) in [4.78, 5) is 36.3. The summed E-state index contributed by atoms with van der Waals surface area (Å²) < 4.78 is 12.6. The van der Waals surface area contributed by atoms with Gasteiger partial charge in [0.1, 0.15) is 12.4 Å². The molecule has 2 fully saturated rings. The third kappa shape index (κ3) is 7.49. The molecule has 2 saturated heterocycles. The van der Waals surface area contributed by atoms with Crippen molar-refractivity contribution in [3.8, 4) is 5.75 Å². The SMILES string of the molecule is CN1CCC[C@H](N2CCN(Cc3ccccc3)CC2)C(=O)N2C[C@@H](OCc3ccccc3)C[C@H]2COc2cccc(c2)C1=O. The largest absolute Gasteiger partial charge is 0.491 e. The molecule has 3 aliphatic rings. The molecule has 0 saturated carbocycles. The molecule has 44 heavy (non-hydrogen) atoms. The Hall–Kier alpha value is -3.72. The quantitative estimate of drug-likeness (QED) is 0.423. The monoisotopic (exact) mass is 596 g/mol. The van der Waals surface area contributed by atoms with E-state index >= 15 is 0 Å². The minimum Gasteiger partial charge on any atom is -0.491 e. The van der Waals surface area contributed by atoms with E-state index in [9.17, 15) is 9.59 Å². The van der Waals surface area contributed by atoms with Gasteiger partial charge in [-0.15, -0.1) is 0 Å². The summed E-state index contributed by atoms with van der Waals surface area (Å²) >= 11 is 0. The van der Waals surface area contributed by atoms with Gasteiger partial charge in [0.15, 0.2) is 0 Å². The fourth-order valence-corrected chi connectivity index (χ4v) is 6.69. The smallest absolute Gasteiger partial charge is 0.253 e. The van der Waals surface area contributed by atoms with E-state index in [4.69, 9.17) is 9.47 Å². The Labute approximate surface area is 261 Å². The molecule has 6 rings (SSSR count). The van der Waals surface area contributed by atoms with Gasteiger partial charge in [0.2, 0.25) is 5.91 Å². The van der Waals surface area contributed by atoms with Gasteiger partial charge in [-0.3, -0.25) is 19.4 Å². The summed E-state index contributed by atoms with van der Waals surface area (Å²) in [6.45, 7) is 6.47. The lowest BCUT2D eigenvalue weighted by Crippen LogP contribution is -2.56. The van der Waals surface area contributed by atoms with E-state index in [0.29, 0.717) is 44.0 Å². The molecule has 0 aromatic heterocycles. The first-order valence-electron chi connectivity index (χ1n) is 16.0. The lowest BCUT2D eigenvalue weighted by molar-refractivity contribution is -0.140. The van der Waals surface area contributed by atoms with Crippen molar-refractivity contribution in [1.82, 2.24) is 19.6 Å². The molecule has 0 radical (unpaired) electrons. The third-order valence-electron chi connectivity index (χ3n) is 9.21. The van der Waals surface area contributed by atoms with E-state index in [1.54, 1.807) is 4.90 Å². The first-order valence-corrected chi connectivity index (χ1v) is 16.0. The van der Waals surface area contributed by atoms with Crippen molar-refractivity contribution in [2.45, 2.75) is 50.6 Å². The number of rotatable bonds is 6. The maximum Gasteiger partial charge on any atom is 0.253 e. The van der Waals surface area contributed by atoms with E-state index in [1.807, 2.05) is 54.4 Å². The molecule has 3 aromatic rings. The van der Waals surface area contributed by atoms with Gasteiger partial charge in [0.05, 0.1) is 24.8 Å². The van der Waals surface area contributed by atoms with Crippen molar-refractivity contribution in [3.63, 3.8) is 0 Å². The van der Waals surface area contributed by atoms with Gasteiger partial charge in [-0.05, 0) is 48.6 Å². The van der Waals surface area contributed by atoms with Gasteiger partial charge in [-0.2, -0.15) is 0 Å². The molecule has 0 aliphatic carbocycles. The third-order valence-corrected chi connectivity index (χ3v) is 9.21. The first-order chi connectivity index (χ1) is 21.5. The van der Waals surface area contributed by atoms with Crippen LogP contribution in [0.4, 0.5) is 0 Å². The van der Waals surface area contributed by atoms with Crippen LogP contribution in [0.2, 0.25) is 0 Å². The summed E-state index contributed by atoms with van der Waals surface area (Å²) in [6, 6.07) is 27.8. The average molecular weight is 597 g/mol. The zero-order chi connectivity index (χ0) is 30.3. The van der Waals surface area contributed by atoms with E-state index in [0.717, 1.165) is 51.1 Å². The predicted molar refractivity (Wildman–Crippen MR) is 170 cm³/mol. The van der Waals surface area contributed by atoms with Gasteiger partial charge < -0.3 is 19.3 Å². The molecule has 8 nitrogen and oxygen atoms in total. The molecular formula is C36H44N4O4. The maximum absolute atomic E-state index is 14.5. The van der Waals surface area contributed by atoms with Gasteiger partial charge in [0.25, 0.3) is 5.91 Å². The highest BCUT2D eigenvalue weighted by Gasteiger charge is 2.41. The van der Waals surface area contributed by atoms with E-state index in [1.165, 1.54) is 5.56 Å². The number of fused-ring (bicyclic) bond motifs is 3. The van der Waals surface area contributed by atoms with Crippen LogP contribution in [-0.2, 0) is 22.7 Å². The van der Waals surface area contributed by atoms with E-state index in [-0.39, 0.29) is 30.0 Å².